The maximum atomic E-state index is 13.8. The molecule has 0 N–H and O–H groups in total. The van der Waals surface area contributed by atoms with Crippen molar-refractivity contribution in [3.05, 3.63) is 46.1 Å². The first kappa shape index (κ1) is 13.6. The van der Waals surface area contributed by atoms with Crippen LogP contribution >= 0.6 is 15.9 Å². The smallest absolute Gasteiger partial charge is 0.132 e. The van der Waals surface area contributed by atoms with Gasteiger partial charge in [-0.25, -0.2) is 14.4 Å². The molecule has 0 fully saturated rings. The summed E-state index contributed by atoms with van der Waals surface area (Å²) in [6.45, 7) is 1.83. The van der Waals surface area contributed by atoms with Crippen LogP contribution in [0.1, 0.15) is 17.9 Å². The molecule has 0 unspecified atom stereocenters. The highest BCUT2D eigenvalue weighted by Gasteiger charge is 2.10. The van der Waals surface area contributed by atoms with Crippen LogP contribution in [0.2, 0.25) is 0 Å². The normalized spacial score (nSPS) is 10.2. The van der Waals surface area contributed by atoms with E-state index in [4.69, 9.17) is 5.26 Å². The lowest BCUT2D eigenvalue weighted by Gasteiger charge is -2.07. The van der Waals surface area contributed by atoms with Gasteiger partial charge in [-0.1, -0.05) is 15.9 Å². The fourth-order valence-electron chi connectivity index (χ4n) is 1.74. The Bertz CT molecular complexity index is 650. The van der Waals surface area contributed by atoms with Gasteiger partial charge in [-0.2, -0.15) is 5.26 Å². The average Bonchev–Trinajstić information content (AvgIpc) is 2.38. The van der Waals surface area contributed by atoms with Gasteiger partial charge >= 0.3 is 0 Å². The number of hydrogen-bond donors (Lipinski definition) is 0. The Balaban J connectivity index is 2.47. The van der Waals surface area contributed by atoms with Gasteiger partial charge in [0.15, 0.2) is 0 Å². The van der Waals surface area contributed by atoms with Crippen molar-refractivity contribution in [3.63, 3.8) is 0 Å². The lowest BCUT2D eigenvalue weighted by molar-refractivity contribution is 0.630. The maximum Gasteiger partial charge on any atom is 0.132 e. The van der Waals surface area contributed by atoms with Crippen molar-refractivity contribution in [1.29, 1.82) is 5.26 Å². The molecular formula is C14H11BrFN3. The Morgan fingerprint density at radius 1 is 1.32 bits per heavy atom. The van der Waals surface area contributed by atoms with Gasteiger partial charge in [0.05, 0.1) is 11.8 Å². The fraction of sp³-hybridized carbons (Fsp3) is 0.214. The summed E-state index contributed by atoms with van der Waals surface area (Å²) in [5.41, 5.74) is 1.73. The van der Waals surface area contributed by atoms with Crippen molar-refractivity contribution in [2.75, 3.05) is 0 Å². The monoisotopic (exact) mass is 319 g/mol. The number of halogens is 2. The molecule has 19 heavy (non-hydrogen) atoms. The van der Waals surface area contributed by atoms with Gasteiger partial charge in [0.25, 0.3) is 0 Å². The topological polar surface area (TPSA) is 49.6 Å². The molecule has 3 nitrogen and oxygen atoms in total. The largest absolute Gasteiger partial charge is 0.238 e. The number of benzene rings is 1. The van der Waals surface area contributed by atoms with Gasteiger partial charge in [-0.05, 0) is 31.2 Å². The van der Waals surface area contributed by atoms with Crippen LogP contribution in [-0.2, 0) is 6.42 Å². The first-order valence-electron chi connectivity index (χ1n) is 5.77. The van der Waals surface area contributed by atoms with Crippen LogP contribution in [0.25, 0.3) is 11.3 Å². The highest BCUT2D eigenvalue weighted by Crippen LogP contribution is 2.25. The summed E-state index contributed by atoms with van der Waals surface area (Å²) in [6, 6.07) is 8.51. The fourth-order valence-corrected chi connectivity index (χ4v) is 2.10. The molecule has 1 aromatic heterocycles. The van der Waals surface area contributed by atoms with Crippen LogP contribution in [-0.4, -0.2) is 9.97 Å². The van der Waals surface area contributed by atoms with Crippen molar-refractivity contribution in [2.24, 2.45) is 0 Å². The van der Waals surface area contributed by atoms with Crippen molar-refractivity contribution < 1.29 is 4.39 Å². The van der Waals surface area contributed by atoms with E-state index in [9.17, 15) is 4.39 Å². The number of aromatic nitrogens is 2. The lowest BCUT2D eigenvalue weighted by Crippen LogP contribution is -2.00. The number of aryl methyl sites for hydroxylation is 2. The standard InChI is InChI=1S/C14H11BrFN3/c1-9-7-13(19-14(18-9)3-2-6-17)11-8-10(15)4-5-12(11)16/h4-5,7-8H,2-3H2,1H3. The van der Waals surface area contributed by atoms with Crippen molar-refractivity contribution >= 4 is 15.9 Å². The zero-order valence-electron chi connectivity index (χ0n) is 10.3. The predicted molar refractivity (Wildman–Crippen MR) is 73.8 cm³/mol. The molecule has 96 valence electrons. The van der Waals surface area contributed by atoms with E-state index in [1.165, 1.54) is 6.07 Å². The Morgan fingerprint density at radius 2 is 2.11 bits per heavy atom. The molecule has 0 saturated carbocycles. The Labute approximate surface area is 119 Å². The van der Waals surface area contributed by atoms with Crippen LogP contribution in [0.4, 0.5) is 4.39 Å². The van der Waals surface area contributed by atoms with Gasteiger partial charge in [0, 0.05) is 28.6 Å². The maximum absolute atomic E-state index is 13.8. The van der Waals surface area contributed by atoms with Crippen LogP contribution in [0.15, 0.2) is 28.7 Å². The second kappa shape index (κ2) is 5.89. The first-order chi connectivity index (χ1) is 9.10. The Kier molecular flexibility index (Phi) is 4.23. The van der Waals surface area contributed by atoms with E-state index in [0.717, 1.165) is 10.2 Å². The Morgan fingerprint density at radius 3 is 2.84 bits per heavy atom. The molecule has 0 atom stereocenters. The third-order valence-corrected chi connectivity index (χ3v) is 3.06. The summed E-state index contributed by atoms with van der Waals surface area (Å²) < 4.78 is 14.6. The van der Waals surface area contributed by atoms with E-state index >= 15 is 0 Å². The SMILES string of the molecule is Cc1cc(-c2cc(Br)ccc2F)nc(CCC#N)n1. The molecule has 0 aliphatic heterocycles. The molecule has 5 heteroatoms. The molecule has 0 radical (unpaired) electrons. The molecule has 0 spiro atoms. The van der Waals surface area contributed by atoms with Gasteiger partial charge < -0.3 is 0 Å². The van der Waals surface area contributed by atoms with Crippen LogP contribution in [0.3, 0.4) is 0 Å². The van der Waals surface area contributed by atoms with Gasteiger partial charge in [-0.15, -0.1) is 0 Å². The highest BCUT2D eigenvalue weighted by atomic mass is 79.9. The summed E-state index contributed by atoms with van der Waals surface area (Å²) in [5, 5.41) is 8.59. The van der Waals surface area contributed by atoms with Gasteiger partial charge in [0.2, 0.25) is 0 Å². The van der Waals surface area contributed by atoms with E-state index in [0.29, 0.717) is 29.9 Å². The molecule has 0 aliphatic rings. The average molecular weight is 320 g/mol. The van der Waals surface area contributed by atoms with Gasteiger partial charge in [0.1, 0.15) is 11.6 Å². The summed E-state index contributed by atoms with van der Waals surface area (Å²) in [4.78, 5) is 8.57. The van der Waals surface area contributed by atoms with Crippen LogP contribution in [0.5, 0.6) is 0 Å². The second-order valence-electron chi connectivity index (χ2n) is 4.09. The molecule has 0 bridgehead atoms. The zero-order valence-corrected chi connectivity index (χ0v) is 11.9. The summed E-state index contributed by atoms with van der Waals surface area (Å²) in [7, 11) is 0. The zero-order chi connectivity index (χ0) is 13.8. The first-order valence-corrected chi connectivity index (χ1v) is 6.56. The van der Waals surface area contributed by atoms with Crippen molar-refractivity contribution in [3.8, 4) is 17.3 Å². The minimum Gasteiger partial charge on any atom is -0.238 e. The molecule has 0 amide bonds. The molecule has 0 aliphatic carbocycles. The molecule has 2 rings (SSSR count). The number of rotatable bonds is 3. The van der Waals surface area contributed by atoms with E-state index in [1.54, 1.807) is 18.2 Å². The molecule has 1 aromatic carbocycles. The molecule has 2 aromatic rings. The lowest BCUT2D eigenvalue weighted by atomic mass is 10.1. The third-order valence-electron chi connectivity index (χ3n) is 2.57. The van der Waals surface area contributed by atoms with E-state index in [2.05, 4.69) is 32.0 Å². The predicted octanol–water partition coefficient (Wildman–Crippen LogP) is 3.81. The number of hydrogen-bond acceptors (Lipinski definition) is 3. The Hall–Kier alpha value is -1.80. The van der Waals surface area contributed by atoms with E-state index in [-0.39, 0.29) is 5.82 Å². The summed E-state index contributed by atoms with van der Waals surface area (Å²) in [5.74, 6) is 0.239. The minimum atomic E-state index is -0.326. The second-order valence-corrected chi connectivity index (χ2v) is 5.01. The van der Waals surface area contributed by atoms with Crippen molar-refractivity contribution in [1.82, 2.24) is 9.97 Å². The van der Waals surface area contributed by atoms with E-state index < -0.39 is 0 Å². The number of nitriles is 1. The van der Waals surface area contributed by atoms with Crippen LogP contribution < -0.4 is 0 Å². The minimum absolute atomic E-state index is 0.326. The van der Waals surface area contributed by atoms with Crippen molar-refractivity contribution in [2.45, 2.75) is 19.8 Å². The summed E-state index contributed by atoms with van der Waals surface area (Å²) >= 11 is 3.32. The highest BCUT2D eigenvalue weighted by molar-refractivity contribution is 9.10. The molecule has 1 heterocycles. The third kappa shape index (κ3) is 3.36. The van der Waals surface area contributed by atoms with E-state index in [1.807, 2.05) is 6.92 Å². The number of nitrogens with zero attached hydrogens (tertiary/aromatic N) is 3. The quantitative estimate of drug-likeness (QED) is 0.864. The van der Waals surface area contributed by atoms with Crippen LogP contribution in [0, 0.1) is 24.1 Å². The molecule has 0 saturated heterocycles. The molecular weight excluding hydrogens is 309 g/mol. The summed E-state index contributed by atoms with van der Waals surface area (Å²) in [6.07, 6.45) is 0.824. The van der Waals surface area contributed by atoms with Gasteiger partial charge in [-0.3, -0.25) is 0 Å².